The highest BCUT2D eigenvalue weighted by Crippen LogP contribution is 2.26. The molecule has 2 aliphatic rings. The zero-order chi connectivity index (χ0) is 16.7. The van der Waals surface area contributed by atoms with E-state index in [0.29, 0.717) is 18.7 Å². The van der Waals surface area contributed by atoms with Crippen molar-refractivity contribution in [3.8, 4) is 10.4 Å². The SMILES string of the molecule is O=C(c1ccc(-c2cccs2)cc1)N1CC(N2C(=O)CNC2=O)C1. The topological polar surface area (TPSA) is 69.7 Å². The Morgan fingerprint density at radius 2 is 1.88 bits per heavy atom. The summed E-state index contributed by atoms with van der Waals surface area (Å²) in [5, 5.41) is 4.52. The van der Waals surface area contributed by atoms with Crippen LogP contribution in [0.15, 0.2) is 41.8 Å². The van der Waals surface area contributed by atoms with E-state index in [2.05, 4.69) is 5.32 Å². The number of hydrogen-bond donors (Lipinski definition) is 1. The highest BCUT2D eigenvalue weighted by molar-refractivity contribution is 7.13. The Hall–Kier alpha value is -2.67. The van der Waals surface area contributed by atoms with Crippen molar-refractivity contribution in [1.29, 1.82) is 0 Å². The van der Waals surface area contributed by atoms with E-state index < -0.39 is 0 Å². The number of imide groups is 1. The smallest absolute Gasteiger partial charge is 0.324 e. The molecule has 3 heterocycles. The molecule has 1 aromatic heterocycles. The fourth-order valence-corrected chi connectivity index (χ4v) is 3.72. The lowest BCUT2D eigenvalue weighted by molar-refractivity contribution is -0.128. The van der Waals surface area contributed by atoms with Crippen LogP contribution in [0.5, 0.6) is 0 Å². The van der Waals surface area contributed by atoms with Gasteiger partial charge in [-0.3, -0.25) is 14.5 Å². The maximum absolute atomic E-state index is 12.5. The summed E-state index contributed by atoms with van der Waals surface area (Å²) in [6.07, 6.45) is 0. The van der Waals surface area contributed by atoms with Crippen molar-refractivity contribution in [2.75, 3.05) is 19.6 Å². The second kappa shape index (κ2) is 5.76. The summed E-state index contributed by atoms with van der Waals surface area (Å²) in [5.41, 5.74) is 1.70. The summed E-state index contributed by atoms with van der Waals surface area (Å²) in [5.74, 6) is -0.298. The van der Waals surface area contributed by atoms with E-state index in [1.54, 1.807) is 16.2 Å². The van der Waals surface area contributed by atoms with E-state index in [4.69, 9.17) is 0 Å². The lowest BCUT2D eigenvalue weighted by Gasteiger charge is -2.42. The van der Waals surface area contributed by atoms with Gasteiger partial charge in [-0.25, -0.2) is 4.79 Å². The average molecular weight is 341 g/mol. The monoisotopic (exact) mass is 341 g/mol. The molecule has 1 N–H and O–H groups in total. The Bertz CT molecular complexity index is 779. The number of carbonyl (C=O) groups is 3. The summed E-state index contributed by atoms with van der Waals surface area (Å²) in [7, 11) is 0. The van der Waals surface area contributed by atoms with Crippen molar-refractivity contribution in [3.05, 3.63) is 47.3 Å². The van der Waals surface area contributed by atoms with Crippen molar-refractivity contribution in [3.63, 3.8) is 0 Å². The molecule has 7 heteroatoms. The molecule has 0 atom stereocenters. The quantitative estimate of drug-likeness (QED) is 0.866. The molecule has 0 radical (unpaired) electrons. The van der Waals surface area contributed by atoms with Crippen LogP contribution >= 0.6 is 11.3 Å². The van der Waals surface area contributed by atoms with Gasteiger partial charge in [-0.2, -0.15) is 0 Å². The standard InChI is InChI=1S/C17H15N3O3S/c21-15-8-18-17(23)20(15)13-9-19(10-13)16(22)12-5-3-11(4-6-12)14-2-1-7-24-14/h1-7,13H,8-10H2,(H,18,23). The van der Waals surface area contributed by atoms with Crippen molar-refractivity contribution >= 4 is 29.2 Å². The summed E-state index contributed by atoms with van der Waals surface area (Å²) >= 11 is 1.66. The van der Waals surface area contributed by atoms with Crippen LogP contribution in [0.4, 0.5) is 4.79 Å². The second-order valence-electron chi connectivity index (χ2n) is 5.84. The molecule has 24 heavy (non-hydrogen) atoms. The molecular weight excluding hydrogens is 326 g/mol. The third kappa shape index (κ3) is 2.46. The second-order valence-corrected chi connectivity index (χ2v) is 6.79. The van der Waals surface area contributed by atoms with Gasteiger partial charge in [0.2, 0.25) is 5.91 Å². The van der Waals surface area contributed by atoms with Crippen molar-refractivity contribution in [1.82, 2.24) is 15.1 Å². The van der Waals surface area contributed by atoms with Crippen LogP contribution in [0, 0.1) is 0 Å². The molecule has 2 saturated heterocycles. The summed E-state index contributed by atoms with van der Waals surface area (Å²) < 4.78 is 0. The summed E-state index contributed by atoms with van der Waals surface area (Å²) in [6.45, 7) is 0.836. The fraction of sp³-hybridized carbons (Fsp3) is 0.235. The Balaban J connectivity index is 1.41. The normalized spacial score (nSPS) is 17.8. The van der Waals surface area contributed by atoms with Gasteiger partial charge in [-0.05, 0) is 29.1 Å². The molecule has 0 saturated carbocycles. The molecule has 0 unspecified atom stereocenters. The van der Waals surface area contributed by atoms with E-state index in [1.807, 2.05) is 41.8 Å². The van der Waals surface area contributed by atoms with Gasteiger partial charge in [0, 0.05) is 23.5 Å². The van der Waals surface area contributed by atoms with Gasteiger partial charge in [0.15, 0.2) is 0 Å². The van der Waals surface area contributed by atoms with E-state index in [1.165, 1.54) is 4.90 Å². The van der Waals surface area contributed by atoms with Crippen LogP contribution in [0.25, 0.3) is 10.4 Å². The summed E-state index contributed by atoms with van der Waals surface area (Å²) in [4.78, 5) is 39.8. The van der Waals surface area contributed by atoms with Gasteiger partial charge in [0.05, 0.1) is 12.6 Å². The molecule has 4 amide bonds. The minimum Gasteiger partial charge on any atom is -0.334 e. The first kappa shape index (κ1) is 14.9. The van der Waals surface area contributed by atoms with Crippen LogP contribution in [0.1, 0.15) is 10.4 Å². The molecule has 1 aromatic carbocycles. The molecule has 0 aliphatic carbocycles. The number of nitrogens with zero attached hydrogens (tertiary/aromatic N) is 2. The van der Waals surface area contributed by atoms with Crippen LogP contribution in [-0.4, -0.2) is 53.3 Å². The Morgan fingerprint density at radius 3 is 2.46 bits per heavy atom. The number of hydrogen-bond acceptors (Lipinski definition) is 4. The van der Waals surface area contributed by atoms with E-state index in [0.717, 1.165) is 10.4 Å². The van der Waals surface area contributed by atoms with E-state index in [9.17, 15) is 14.4 Å². The highest BCUT2D eigenvalue weighted by Gasteiger charge is 2.42. The van der Waals surface area contributed by atoms with Gasteiger partial charge in [0.25, 0.3) is 5.91 Å². The maximum Gasteiger partial charge on any atom is 0.324 e. The molecule has 0 spiro atoms. The van der Waals surface area contributed by atoms with Crippen LogP contribution < -0.4 is 5.32 Å². The number of benzene rings is 1. The number of urea groups is 1. The van der Waals surface area contributed by atoms with Gasteiger partial charge >= 0.3 is 6.03 Å². The Kier molecular flexibility index (Phi) is 3.57. The van der Waals surface area contributed by atoms with E-state index in [-0.39, 0.29) is 30.4 Å². The van der Waals surface area contributed by atoms with Crippen LogP contribution in [0.2, 0.25) is 0 Å². The molecule has 4 rings (SSSR count). The molecule has 2 aliphatic heterocycles. The lowest BCUT2D eigenvalue weighted by Crippen LogP contribution is -2.62. The Morgan fingerprint density at radius 1 is 1.12 bits per heavy atom. The highest BCUT2D eigenvalue weighted by atomic mass is 32.1. The lowest BCUT2D eigenvalue weighted by atomic mass is 10.0. The Labute approximate surface area is 142 Å². The average Bonchev–Trinajstić information content (AvgIpc) is 3.19. The molecule has 6 nitrogen and oxygen atoms in total. The maximum atomic E-state index is 12.5. The first-order valence-corrected chi connectivity index (χ1v) is 8.54. The van der Waals surface area contributed by atoms with Gasteiger partial charge < -0.3 is 10.2 Å². The number of nitrogens with one attached hydrogen (secondary N) is 1. The number of amides is 4. The largest absolute Gasteiger partial charge is 0.334 e. The zero-order valence-corrected chi connectivity index (χ0v) is 13.6. The van der Waals surface area contributed by atoms with Gasteiger partial charge in [-0.15, -0.1) is 11.3 Å². The number of carbonyl (C=O) groups excluding carboxylic acids is 3. The van der Waals surface area contributed by atoms with Crippen molar-refractivity contribution < 1.29 is 14.4 Å². The first-order chi connectivity index (χ1) is 11.6. The summed E-state index contributed by atoms with van der Waals surface area (Å²) in [6, 6.07) is 11.0. The van der Waals surface area contributed by atoms with Gasteiger partial charge in [0.1, 0.15) is 0 Å². The third-order valence-corrected chi connectivity index (χ3v) is 5.25. The molecule has 0 bridgehead atoms. The molecule has 122 valence electrons. The zero-order valence-electron chi connectivity index (χ0n) is 12.8. The van der Waals surface area contributed by atoms with Crippen molar-refractivity contribution in [2.45, 2.75) is 6.04 Å². The third-order valence-electron chi connectivity index (χ3n) is 4.33. The number of thiophene rings is 1. The van der Waals surface area contributed by atoms with Crippen LogP contribution in [-0.2, 0) is 4.79 Å². The minimum atomic E-state index is -0.364. The molecule has 2 fully saturated rings. The minimum absolute atomic E-state index is 0.0491. The molecular formula is C17H15N3O3S. The van der Waals surface area contributed by atoms with Crippen LogP contribution in [0.3, 0.4) is 0 Å². The molecule has 2 aromatic rings. The number of rotatable bonds is 3. The predicted octanol–water partition coefficient (Wildman–Crippen LogP) is 1.79. The first-order valence-electron chi connectivity index (χ1n) is 7.66. The van der Waals surface area contributed by atoms with E-state index >= 15 is 0 Å². The predicted molar refractivity (Wildman–Crippen MR) is 89.7 cm³/mol. The van der Waals surface area contributed by atoms with Gasteiger partial charge in [-0.1, -0.05) is 18.2 Å². The fourth-order valence-electron chi connectivity index (χ4n) is 2.99. The number of likely N-dealkylation sites (tertiary alicyclic amines) is 1. The van der Waals surface area contributed by atoms with Crippen molar-refractivity contribution in [2.24, 2.45) is 0 Å².